The van der Waals surface area contributed by atoms with Crippen molar-refractivity contribution >= 4 is 11.9 Å². The van der Waals surface area contributed by atoms with E-state index in [0.29, 0.717) is 17.9 Å². The number of ether oxygens (including phenoxy) is 2. The average molecular weight is 276 g/mol. The first-order chi connectivity index (χ1) is 9.56. The van der Waals surface area contributed by atoms with E-state index in [0.717, 1.165) is 0 Å². The molecular formula is C14H16N2O4. The van der Waals surface area contributed by atoms with Gasteiger partial charge < -0.3 is 14.8 Å². The molecule has 1 atom stereocenters. The van der Waals surface area contributed by atoms with Crippen molar-refractivity contribution in [2.45, 2.75) is 20.0 Å². The van der Waals surface area contributed by atoms with Gasteiger partial charge in [-0.1, -0.05) is 0 Å². The number of nitrogens with zero attached hydrogens (tertiary/aromatic N) is 1. The topological polar surface area (TPSA) is 88.4 Å². The van der Waals surface area contributed by atoms with Gasteiger partial charge in [-0.2, -0.15) is 5.26 Å². The molecule has 0 radical (unpaired) electrons. The summed E-state index contributed by atoms with van der Waals surface area (Å²) in [4.78, 5) is 22.8. The molecule has 0 spiro atoms. The molecule has 1 aromatic carbocycles. The molecule has 0 aliphatic heterocycles. The molecular weight excluding hydrogens is 260 g/mol. The number of nitriles is 1. The third-order valence-corrected chi connectivity index (χ3v) is 2.37. The Hall–Kier alpha value is -2.55. The maximum atomic E-state index is 11.5. The fourth-order valence-electron chi connectivity index (χ4n) is 1.37. The fraction of sp³-hybridized carbons (Fsp3) is 0.357. The largest absolute Gasteiger partial charge is 0.482 e. The van der Waals surface area contributed by atoms with Crippen LogP contribution in [0.4, 0.5) is 0 Å². The van der Waals surface area contributed by atoms with Gasteiger partial charge in [0.1, 0.15) is 5.75 Å². The van der Waals surface area contributed by atoms with E-state index in [-0.39, 0.29) is 12.5 Å². The second kappa shape index (κ2) is 7.79. The lowest BCUT2D eigenvalue weighted by molar-refractivity contribution is -0.156. The van der Waals surface area contributed by atoms with Crippen molar-refractivity contribution in [3.05, 3.63) is 29.8 Å². The van der Waals surface area contributed by atoms with Crippen LogP contribution in [0.1, 0.15) is 19.4 Å². The molecule has 20 heavy (non-hydrogen) atoms. The van der Waals surface area contributed by atoms with Crippen molar-refractivity contribution in [3.63, 3.8) is 0 Å². The van der Waals surface area contributed by atoms with Crippen LogP contribution >= 0.6 is 0 Å². The Kier molecular flexibility index (Phi) is 6.04. The lowest BCUT2D eigenvalue weighted by atomic mass is 10.2. The second-order valence-corrected chi connectivity index (χ2v) is 3.95. The zero-order valence-electron chi connectivity index (χ0n) is 11.4. The third kappa shape index (κ3) is 4.98. The summed E-state index contributed by atoms with van der Waals surface area (Å²) < 4.78 is 10.1. The Morgan fingerprint density at radius 3 is 2.55 bits per heavy atom. The van der Waals surface area contributed by atoms with Crippen molar-refractivity contribution in [3.8, 4) is 11.8 Å². The van der Waals surface area contributed by atoms with Gasteiger partial charge in [0.2, 0.25) is 0 Å². The standard InChI is InChI=1S/C14H16N2O4/c1-3-16-14(18)10(2)20-13(17)9-19-12-6-4-11(8-15)5-7-12/h4-7,10H,3,9H2,1-2H3,(H,16,18)/t10-/m1/s1. The first kappa shape index (κ1) is 15.5. The zero-order chi connectivity index (χ0) is 15.0. The van der Waals surface area contributed by atoms with E-state index >= 15 is 0 Å². The molecule has 1 aromatic rings. The van der Waals surface area contributed by atoms with Gasteiger partial charge in [0.15, 0.2) is 12.7 Å². The average Bonchev–Trinajstić information content (AvgIpc) is 2.45. The summed E-state index contributed by atoms with van der Waals surface area (Å²) in [6.07, 6.45) is -0.855. The molecule has 6 nitrogen and oxygen atoms in total. The fourth-order valence-corrected chi connectivity index (χ4v) is 1.37. The van der Waals surface area contributed by atoms with E-state index in [1.165, 1.54) is 6.92 Å². The van der Waals surface area contributed by atoms with Crippen molar-refractivity contribution in [1.82, 2.24) is 5.32 Å². The summed E-state index contributed by atoms with van der Waals surface area (Å²) in [5.41, 5.74) is 0.504. The van der Waals surface area contributed by atoms with Gasteiger partial charge in [-0.3, -0.25) is 4.79 Å². The minimum Gasteiger partial charge on any atom is -0.482 e. The Bertz CT molecular complexity index is 505. The summed E-state index contributed by atoms with van der Waals surface area (Å²) in [5.74, 6) is -0.529. The molecule has 0 saturated heterocycles. The molecule has 0 aromatic heterocycles. The highest BCUT2D eigenvalue weighted by molar-refractivity contribution is 5.83. The first-order valence-electron chi connectivity index (χ1n) is 6.17. The van der Waals surface area contributed by atoms with Crippen molar-refractivity contribution in [1.29, 1.82) is 5.26 Å². The lowest BCUT2D eigenvalue weighted by Gasteiger charge is -2.13. The van der Waals surface area contributed by atoms with E-state index in [4.69, 9.17) is 14.7 Å². The van der Waals surface area contributed by atoms with Gasteiger partial charge in [0.25, 0.3) is 5.91 Å². The first-order valence-corrected chi connectivity index (χ1v) is 6.17. The van der Waals surface area contributed by atoms with Crippen molar-refractivity contribution in [2.24, 2.45) is 0 Å². The summed E-state index contributed by atoms with van der Waals surface area (Å²) >= 11 is 0. The summed E-state index contributed by atoms with van der Waals surface area (Å²) in [6.45, 7) is 3.45. The number of benzene rings is 1. The van der Waals surface area contributed by atoms with Crippen LogP contribution in [0.2, 0.25) is 0 Å². The number of hydrogen-bond donors (Lipinski definition) is 1. The van der Waals surface area contributed by atoms with E-state index in [2.05, 4.69) is 5.32 Å². The number of nitrogens with one attached hydrogen (secondary N) is 1. The molecule has 6 heteroatoms. The van der Waals surface area contributed by atoms with Gasteiger partial charge in [-0.05, 0) is 38.1 Å². The van der Waals surface area contributed by atoms with E-state index in [1.807, 2.05) is 6.07 Å². The maximum Gasteiger partial charge on any atom is 0.344 e. The molecule has 0 bridgehead atoms. The molecule has 1 N–H and O–H groups in total. The van der Waals surface area contributed by atoms with Crippen LogP contribution in [0, 0.1) is 11.3 Å². The van der Waals surface area contributed by atoms with Gasteiger partial charge in [0, 0.05) is 6.54 Å². The minimum atomic E-state index is -0.855. The van der Waals surface area contributed by atoms with E-state index in [9.17, 15) is 9.59 Å². The SMILES string of the molecule is CCNC(=O)[C@@H](C)OC(=O)COc1ccc(C#N)cc1. The predicted molar refractivity (Wildman–Crippen MR) is 70.9 cm³/mol. The van der Waals surface area contributed by atoms with Gasteiger partial charge in [-0.25, -0.2) is 4.79 Å². The monoisotopic (exact) mass is 276 g/mol. The number of hydrogen-bond acceptors (Lipinski definition) is 5. The van der Waals surface area contributed by atoms with Gasteiger partial charge in [-0.15, -0.1) is 0 Å². The maximum absolute atomic E-state index is 11.5. The van der Waals surface area contributed by atoms with Crippen molar-refractivity contribution < 1.29 is 19.1 Å². The van der Waals surface area contributed by atoms with Crippen LogP contribution in [0.15, 0.2) is 24.3 Å². The number of carbonyl (C=O) groups is 2. The Balaban J connectivity index is 2.39. The van der Waals surface area contributed by atoms with Crippen LogP contribution in [0.5, 0.6) is 5.75 Å². The molecule has 0 aliphatic rings. The summed E-state index contributed by atoms with van der Waals surface area (Å²) in [6, 6.07) is 8.31. The van der Waals surface area contributed by atoms with E-state index < -0.39 is 12.1 Å². The number of likely N-dealkylation sites (N-methyl/N-ethyl adjacent to an activating group) is 1. The van der Waals surface area contributed by atoms with E-state index in [1.54, 1.807) is 31.2 Å². The Morgan fingerprint density at radius 2 is 2.00 bits per heavy atom. The second-order valence-electron chi connectivity index (χ2n) is 3.95. The van der Waals surface area contributed by atoms with Crippen LogP contribution in [-0.2, 0) is 14.3 Å². The van der Waals surface area contributed by atoms with Crippen LogP contribution in [0.25, 0.3) is 0 Å². The molecule has 106 valence electrons. The lowest BCUT2D eigenvalue weighted by Crippen LogP contribution is -2.36. The number of amides is 1. The highest BCUT2D eigenvalue weighted by Crippen LogP contribution is 2.11. The minimum absolute atomic E-state index is 0.296. The molecule has 1 rings (SSSR count). The van der Waals surface area contributed by atoms with Crippen LogP contribution in [0.3, 0.4) is 0 Å². The quantitative estimate of drug-likeness (QED) is 0.783. The van der Waals surface area contributed by atoms with Crippen LogP contribution in [-0.4, -0.2) is 31.1 Å². The molecule has 0 saturated carbocycles. The molecule has 0 heterocycles. The molecule has 0 unspecified atom stereocenters. The van der Waals surface area contributed by atoms with Crippen LogP contribution < -0.4 is 10.1 Å². The third-order valence-electron chi connectivity index (χ3n) is 2.37. The highest BCUT2D eigenvalue weighted by Gasteiger charge is 2.17. The zero-order valence-corrected chi connectivity index (χ0v) is 11.4. The van der Waals surface area contributed by atoms with Crippen molar-refractivity contribution in [2.75, 3.05) is 13.2 Å². The Morgan fingerprint density at radius 1 is 1.35 bits per heavy atom. The molecule has 1 amide bonds. The smallest absolute Gasteiger partial charge is 0.344 e. The number of rotatable bonds is 6. The van der Waals surface area contributed by atoms with Gasteiger partial charge >= 0.3 is 5.97 Å². The Labute approximate surface area is 117 Å². The molecule has 0 aliphatic carbocycles. The highest BCUT2D eigenvalue weighted by atomic mass is 16.6. The normalized spacial score (nSPS) is 11.1. The summed E-state index contributed by atoms with van der Waals surface area (Å²) in [7, 11) is 0. The summed E-state index contributed by atoms with van der Waals surface area (Å²) in [5, 5.41) is 11.2. The molecule has 0 fully saturated rings. The number of carbonyl (C=O) groups excluding carboxylic acids is 2. The number of esters is 1. The van der Waals surface area contributed by atoms with Gasteiger partial charge in [0.05, 0.1) is 11.6 Å². The predicted octanol–water partition coefficient (Wildman–Crippen LogP) is 1.00.